The summed E-state index contributed by atoms with van der Waals surface area (Å²) in [5.74, 6) is 0. The topological polar surface area (TPSA) is 8.17 Å². The van der Waals surface area contributed by atoms with Crippen molar-refractivity contribution < 1.29 is 0 Å². The zero-order valence-electron chi connectivity index (χ0n) is 37.9. The first kappa shape index (κ1) is 40.3. The van der Waals surface area contributed by atoms with Crippen molar-refractivity contribution in [1.29, 1.82) is 0 Å². The average Bonchev–Trinajstić information content (AvgIpc) is 3.89. The minimum absolute atomic E-state index is 0.161. The van der Waals surface area contributed by atoms with Gasteiger partial charge < -0.3 is 9.47 Å². The van der Waals surface area contributed by atoms with Crippen molar-refractivity contribution >= 4 is 38.9 Å². The Bertz CT molecular complexity index is 3540. The van der Waals surface area contributed by atoms with E-state index in [1.54, 1.807) is 0 Å². The van der Waals surface area contributed by atoms with Gasteiger partial charge in [0.15, 0.2) is 0 Å². The van der Waals surface area contributed by atoms with Crippen LogP contribution < -0.4 is 4.90 Å². The van der Waals surface area contributed by atoms with Gasteiger partial charge in [0.25, 0.3) is 0 Å². The molecule has 1 heterocycles. The summed E-state index contributed by atoms with van der Waals surface area (Å²) in [6.07, 6.45) is 1.98. The highest BCUT2D eigenvalue weighted by Crippen LogP contribution is 2.55. The highest BCUT2D eigenvalue weighted by atomic mass is 15.1. The van der Waals surface area contributed by atoms with Gasteiger partial charge in [-0.1, -0.05) is 190 Å². The first-order chi connectivity index (χ1) is 33.1. The maximum absolute atomic E-state index is 2.50. The van der Waals surface area contributed by atoms with Crippen LogP contribution in [0.2, 0.25) is 0 Å². The molecule has 11 aromatic rings. The quantitative estimate of drug-likeness (QED) is 0.133. The van der Waals surface area contributed by atoms with Crippen LogP contribution in [0.3, 0.4) is 0 Å². The van der Waals surface area contributed by atoms with E-state index >= 15 is 0 Å². The second-order valence-electron chi connectivity index (χ2n) is 17.9. The summed E-state index contributed by atoms with van der Waals surface area (Å²) in [5, 5.41) is 2.57. The smallest absolute Gasteiger partial charge is 0.0541 e. The van der Waals surface area contributed by atoms with Crippen molar-refractivity contribution in [3.63, 3.8) is 0 Å². The zero-order valence-corrected chi connectivity index (χ0v) is 37.9. The highest BCUT2D eigenvalue weighted by molar-refractivity contribution is 6.09. The summed E-state index contributed by atoms with van der Waals surface area (Å²) in [5.41, 5.74) is 22.0. The largest absolute Gasteiger partial charge is 0.310 e. The van der Waals surface area contributed by atoms with Crippen LogP contribution in [0.5, 0.6) is 0 Å². The molecule has 0 atom stereocenters. The Kier molecular flexibility index (Phi) is 10.0. The molecule has 10 aromatic carbocycles. The first-order valence-electron chi connectivity index (χ1n) is 23.7. The molecule has 0 unspecified atom stereocenters. The molecule has 1 aromatic heterocycles. The van der Waals surface area contributed by atoms with E-state index < -0.39 is 0 Å². The Morgan fingerprint density at radius 1 is 0.328 bits per heavy atom. The van der Waals surface area contributed by atoms with Crippen LogP contribution in [-0.4, -0.2) is 4.57 Å². The monoisotopic (exact) mass is 858 g/mol. The van der Waals surface area contributed by atoms with Gasteiger partial charge in [-0.2, -0.15) is 0 Å². The molecule has 0 saturated heterocycles. The lowest BCUT2D eigenvalue weighted by Crippen LogP contribution is -2.23. The molecule has 0 radical (unpaired) electrons. The van der Waals surface area contributed by atoms with Gasteiger partial charge in [0, 0.05) is 38.9 Å². The molecular formula is C65H50N2. The minimum atomic E-state index is -0.161. The van der Waals surface area contributed by atoms with Gasteiger partial charge in [-0.05, 0) is 146 Å². The predicted molar refractivity (Wildman–Crippen MR) is 284 cm³/mol. The molecule has 0 N–H and O–H groups in total. The number of anilines is 3. The van der Waals surface area contributed by atoms with Crippen molar-refractivity contribution in [2.45, 2.75) is 32.1 Å². The summed E-state index contributed by atoms with van der Waals surface area (Å²) >= 11 is 0. The third kappa shape index (κ3) is 6.79. The van der Waals surface area contributed by atoms with Crippen LogP contribution >= 0.6 is 0 Å². The van der Waals surface area contributed by atoms with E-state index in [9.17, 15) is 0 Å². The summed E-state index contributed by atoms with van der Waals surface area (Å²) in [6, 6.07) is 89.4. The van der Waals surface area contributed by atoms with Crippen LogP contribution in [0.25, 0.3) is 83.1 Å². The molecule has 0 fully saturated rings. The number of para-hydroxylation sites is 2. The Morgan fingerprint density at radius 3 is 1.46 bits per heavy atom. The number of aromatic nitrogens is 1. The molecule has 2 nitrogen and oxygen atoms in total. The third-order valence-electron chi connectivity index (χ3n) is 14.5. The summed E-state index contributed by atoms with van der Waals surface area (Å²) in [7, 11) is 0. The van der Waals surface area contributed by atoms with Gasteiger partial charge in [0.2, 0.25) is 0 Å². The van der Waals surface area contributed by atoms with Crippen molar-refractivity contribution in [1.82, 2.24) is 4.57 Å². The van der Waals surface area contributed by atoms with Crippen molar-refractivity contribution in [3.8, 4) is 61.3 Å². The maximum atomic E-state index is 2.50. The first-order valence-corrected chi connectivity index (χ1v) is 23.7. The van der Waals surface area contributed by atoms with Crippen LogP contribution in [-0.2, 0) is 5.41 Å². The zero-order chi connectivity index (χ0) is 44.9. The Balaban J connectivity index is 0.995. The van der Waals surface area contributed by atoms with Crippen LogP contribution in [0.15, 0.2) is 243 Å². The molecule has 0 saturated carbocycles. The predicted octanol–water partition coefficient (Wildman–Crippen LogP) is 18.0. The molecule has 1 aliphatic rings. The van der Waals surface area contributed by atoms with Gasteiger partial charge >= 0.3 is 0 Å². The molecule has 0 aliphatic heterocycles. The molecule has 12 rings (SSSR count). The molecule has 2 heteroatoms. The second-order valence-corrected chi connectivity index (χ2v) is 17.9. The van der Waals surface area contributed by atoms with Crippen LogP contribution in [0.4, 0.5) is 17.1 Å². The Hall–Kier alpha value is -8.20. The van der Waals surface area contributed by atoms with Crippen molar-refractivity contribution in [2.24, 2.45) is 0 Å². The number of hydrogen-bond donors (Lipinski definition) is 0. The van der Waals surface area contributed by atoms with Gasteiger partial charge in [0.05, 0.1) is 11.0 Å². The fraction of sp³-hybridized carbons (Fsp3) is 0.0769. The van der Waals surface area contributed by atoms with E-state index in [-0.39, 0.29) is 5.41 Å². The fourth-order valence-corrected chi connectivity index (χ4v) is 11.1. The SMILES string of the molecule is CCC1(CC)c2cc(N(c3ccc(-c4cccc(-c5ccccc5)c4)cc3)c3cccc(-c4ccccc4-c4ccccc4)c3)ccc2-c2ccc(-n3c4ccccc4c4ccccc43)cc21. The molecule has 320 valence electrons. The lowest BCUT2D eigenvalue weighted by atomic mass is 9.73. The molecule has 0 spiro atoms. The molecule has 0 bridgehead atoms. The number of hydrogen-bond acceptors (Lipinski definition) is 1. The number of rotatable bonds is 10. The number of benzene rings is 10. The standard InChI is InChI=1S/C65H50N2/c1-3-65(4-2)61-43-53(37-39-57(61)58-40-38-54(44-62(58)65)67-63-31-15-13-29-59(63)60-30-14-16-32-64(60)67)66(51-35-33-46(34-36-51)49-24-17-23-48(41-49)45-19-7-5-8-20-45)52-26-18-25-50(42-52)56-28-12-11-27-55(56)47-21-9-6-10-22-47/h5-44H,3-4H2,1-2H3. The van der Waals surface area contributed by atoms with Gasteiger partial charge in [-0.25, -0.2) is 0 Å². The fourth-order valence-electron chi connectivity index (χ4n) is 11.1. The minimum Gasteiger partial charge on any atom is -0.310 e. The van der Waals surface area contributed by atoms with E-state index in [2.05, 4.69) is 266 Å². The summed E-state index contributed by atoms with van der Waals surface area (Å²) in [6.45, 7) is 4.75. The van der Waals surface area contributed by atoms with E-state index in [1.165, 1.54) is 94.3 Å². The maximum Gasteiger partial charge on any atom is 0.0541 e. The van der Waals surface area contributed by atoms with Gasteiger partial charge in [-0.3, -0.25) is 0 Å². The second kappa shape index (κ2) is 16.7. The normalized spacial score (nSPS) is 12.6. The van der Waals surface area contributed by atoms with Gasteiger partial charge in [-0.15, -0.1) is 0 Å². The summed E-state index contributed by atoms with van der Waals surface area (Å²) < 4.78 is 2.46. The number of nitrogens with zero attached hydrogens (tertiary/aromatic N) is 2. The average molecular weight is 859 g/mol. The third-order valence-corrected chi connectivity index (χ3v) is 14.5. The van der Waals surface area contributed by atoms with Crippen LogP contribution in [0.1, 0.15) is 37.8 Å². The van der Waals surface area contributed by atoms with Crippen LogP contribution in [0, 0.1) is 0 Å². The number of fused-ring (bicyclic) bond motifs is 6. The lowest BCUT2D eigenvalue weighted by molar-refractivity contribution is 0.490. The molecule has 1 aliphatic carbocycles. The Morgan fingerprint density at radius 2 is 0.806 bits per heavy atom. The van der Waals surface area contributed by atoms with E-state index in [0.29, 0.717) is 0 Å². The molecular weight excluding hydrogens is 809 g/mol. The van der Waals surface area contributed by atoms with E-state index in [4.69, 9.17) is 0 Å². The van der Waals surface area contributed by atoms with Crippen molar-refractivity contribution in [2.75, 3.05) is 4.90 Å². The van der Waals surface area contributed by atoms with Gasteiger partial charge in [0.1, 0.15) is 0 Å². The summed E-state index contributed by atoms with van der Waals surface area (Å²) in [4.78, 5) is 2.46. The molecule has 0 amide bonds. The van der Waals surface area contributed by atoms with E-state index in [0.717, 1.165) is 29.9 Å². The molecule has 67 heavy (non-hydrogen) atoms. The van der Waals surface area contributed by atoms with E-state index in [1.807, 2.05) is 0 Å². The van der Waals surface area contributed by atoms with Crippen molar-refractivity contribution in [3.05, 3.63) is 254 Å². The lowest BCUT2D eigenvalue weighted by Gasteiger charge is -2.32. The Labute approximate surface area is 393 Å². The highest BCUT2D eigenvalue weighted by Gasteiger charge is 2.41.